The lowest BCUT2D eigenvalue weighted by atomic mass is 10.1. The van der Waals surface area contributed by atoms with Crippen LogP contribution in [0.1, 0.15) is 20.8 Å². The first-order valence-corrected chi connectivity index (χ1v) is 2.04. The molecule has 0 spiro atoms. The molecule has 0 saturated carbocycles. The molecule has 1 nitrogen and oxygen atoms in total. The lowest BCUT2D eigenvalue weighted by Gasteiger charge is -2.07. The van der Waals surface area contributed by atoms with E-state index in [9.17, 15) is 0 Å². The van der Waals surface area contributed by atoms with E-state index in [0.29, 0.717) is 0 Å². The van der Waals surface area contributed by atoms with Crippen molar-refractivity contribution in [3.8, 4) is 0 Å². The molecule has 0 unspecified atom stereocenters. The summed E-state index contributed by atoms with van der Waals surface area (Å²) < 4.78 is 0. The highest BCUT2D eigenvalue weighted by Gasteiger charge is 2.01. The van der Waals surface area contributed by atoms with E-state index in [1.54, 1.807) is 0 Å². The van der Waals surface area contributed by atoms with Crippen LogP contribution in [0.3, 0.4) is 0 Å². The molecule has 1 heteroatoms. The van der Waals surface area contributed by atoms with Gasteiger partial charge in [-0.05, 0) is 27.5 Å². The third-order valence-electron chi connectivity index (χ3n) is 0.474. The molecule has 0 radical (unpaired) electrons. The molecule has 6 heavy (non-hydrogen) atoms. The Bertz CT molecular complexity index is 49.4. The van der Waals surface area contributed by atoms with Gasteiger partial charge in [0.2, 0.25) is 0 Å². The molecule has 0 heterocycles. The van der Waals surface area contributed by atoms with E-state index < -0.39 is 0 Å². The van der Waals surface area contributed by atoms with Crippen LogP contribution >= 0.6 is 0 Å². The lowest BCUT2D eigenvalue weighted by molar-refractivity contribution is 0.588. The van der Waals surface area contributed by atoms with Crippen LogP contribution in [0.2, 0.25) is 0 Å². The maximum atomic E-state index is 3.77. The molecule has 0 aromatic heterocycles. The van der Waals surface area contributed by atoms with Crippen molar-refractivity contribution in [1.29, 1.82) is 0 Å². The van der Waals surface area contributed by atoms with Crippen LogP contribution in [0.4, 0.5) is 0 Å². The molecule has 0 aromatic carbocycles. The van der Waals surface area contributed by atoms with Crippen molar-refractivity contribution in [2.24, 2.45) is 4.99 Å². The van der Waals surface area contributed by atoms with E-state index in [1.807, 2.05) is 20.8 Å². The van der Waals surface area contributed by atoms with Gasteiger partial charge in [-0.1, -0.05) is 0 Å². The Morgan fingerprint density at radius 1 is 1.33 bits per heavy atom. The van der Waals surface area contributed by atoms with Gasteiger partial charge in [-0.15, -0.1) is 0 Å². The number of hydrogen-bond donors (Lipinski definition) is 0. The SMILES string of the molecule is C=NC(C)(C)C. The van der Waals surface area contributed by atoms with Crippen molar-refractivity contribution >= 4 is 6.72 Å². The fourth-order valence-electron chi connectivity index (χ4n) is 0. The van der Waals surface area contributed by atoms with E-state index >= 15 is 0 Å². The topological polar surface area (TPSA) is 12.4 Å². The minimum Gasteiger partial charge on any atom is -0.295 e. The van der Waals surface area contributed by atoms with Gasteiger partial charge in [0.25, 0.3) is 0 Å². The van der Waals surface area contributed by atoms with E-state index in [4.69, 9.17) is 0 Å². The lowest BCUT2D eigenvalue weighted by Crippen LogP contribution is -2.07. The number of aliphatic imine (C=N–C) groups is 1. The number of rotatable bonds is 0. The molecule has 0 saturated heterocycles. The first-order chi connectivity index (χ1) is 2.56. The van der Waals surface area contributed by atoms with E-state index in [2.05, 4.69) is 11.7 Å². The maximum Gasteiger partial charge on any atom is 0.0516 e. The summed E-state index contributed by atoms with van der Waals surface area (Å²) in [7, 11) is 0. The third kappa shape index (κ3) is 3.67. The summed E-state index contributed by atoms with van der Waals surface area (Å²) in [6, 6.07) is 0. The average Bonchev–Trinajstić information content (AvgIpc) is 1.35. The summed E-state index contributed by atoms with van der Waals surface area (Å²) in [6.07, 6.45) is 0. The molecule has 0 rings (SSSR count). The molecular weight excluding hydrogens is 74.1 g/mol. The van der Waals surface area contributed by atoms with Crippen LogP contribution in [0.5, 0.6) is 0 Å². The van der Waals surface area contributed by atoms with Crippen LogP contribution in [-0.4, -0.2) is 12.3 Å². The zero-order valence-corrected chi connectivity index (χ0v) is 4.65. The smallest absolute Gasteiger partial charge is 0.0516 e. The monoisotopic (exact) mass is 85.1 g/mol. The van der Waals surface area contributed by atoms with E-state index in [-0.39, 0.29) is 5.54 Å². The predicted molar refractivity (Wildman–Crippen MR) is 29.3 cm³/mol. The molecular formula is C5H11N. The van der Waals surface area contributed by atoms with Crippen molar-refractivity contribution < 1.29 is 0 Å². The first-order valence-electron chi connectivity index (χ1n) is 2.04. The van der Waals surface area contributed by atoms with Gasteiger partial charge in [0.05, 0.1) is 5.54 Å². The Kier molecular flexibility index (Phi) is 1.34. The second kappa shape index (κ2) is 1.41. The van der Waals surface area contributed by atoms with Gasteiger partial charge in [0.1, 0.15) is 0 Å². The molecule has 0 aliphatic heterocycles. The maximum absolute atomic E-state index is 3.77. The summed E-state index contributed by atoms with van der Waals surface area (Å²) in [5.74, 6) is 0. The summed E-state index contributed by atoms with van der Waals surface area (Å²) in [5.41, 5.74) is 0.0556. The Balaban J connectivity index is 3.45. The van der Waals surface area contributed by atoms with Crippen LogP contribution in [-0.2, 0) is 0 Å². The Morgan fingerprint density at radius 2 is 1.50 bits per heavy atom. The fraction of sp³-hybridized carbons (Fsp3) is 0.800. The first kappa shape index (κ1) is 5.67. The molecule has 0 bridgehead atoms. The Morgan fingerprint density at radius 3 is 1.50 bits per heavy atom. The van der Waals surface area contributed by atoms with Gasteiger partial charge < -0.3 is 0 Å². The van der Waals surface area contributed by atoms with Gasteiger partial charge in [-0.2, -0.15) is 0 Å². The molecule has 0 atom stereocenters. The fourth-order valence-corrected chi connectivity index (χ4v) is 0. The highest BCUT2D eigenvalue weighted by molar-refractivity contribution is 5.24. The van der Waals surface area contributed by atoms with Crippen molar-refractivity contribution in [3.63, 3.8) is 0 Å². The molecule has 0 aliphatic rings. The van der Waals surface area contributed by atoms with Gasteiger partial charge in [-0.25, -0.2) is 0 Å². The van der Waals surface area contributed by atoms with Crippen LogP contribution in [0, 0.1) is 0 Å². The van der Waals surface area contributed by atoms with Crippen molar-refractivity contribution in [3.05, 3.63) is 0 Å². The summed E-state index contributed by atoms with van der Waals surface area (Å²) >= 11 is 0. The molecule has 0 aromatic rings. The number of nitrogens with zero attached hydrogens (tertiary/aromatic N) is 1. The Labute approximate surface area is 39.1 Å². The van der Waals surface area contributed by atoms with E-state index in [1.165, 1.54) is 0 Å². The summed E-state index contributed by atoms with van der Waals surface area (Å²) in [6.45, 7) is 9.42. The van der Waals surface area contributed by atoms with Crippen molar-refractivity contribution in [2.45, 2.75) is 26.3 Å². The summed E-state index contributed by atoms with van der Waals surface area (Å²) in [4.78, 5) is 3.77. The van der Waals surface area contributed by atoms with Crippen LogP contribution in [0.25, 0.3) is 0 Å². The largest absolute Gasteiger partial charge is 0.295 e. The van der Waals surface area contributed by atoms with Gasteiger partial charge in [0.15, 0.2) is 0 Å². The minimum atomic E-state index is 0.0556. The normalized spacial score (nSPS) is 11.2. The number of hydrogen-bond acceptors (Lipinski definition) is 1. The second-order valence-electron chi connectivity index (χ2n) is 2.33. The van der Waals surface area contributed by atoms with Crippen molar-refractivity contribution in [1.82, 2.24) is 0 Å². The Hall–Kier alpha value is -0.330. The highest BCUT2D eigenvalue weighted by atomic mass is 14.8. The predicted octanol–water partition coefficient (Wildman–Crippen LogP) is 1.49. The van der Waals surface area contributed by atoms with E-state index in [0.717, 1.165) is 0 Å². The standard InChI is InChI=1S/C5H11N/c1-5(2,3)6-4/h4H2,1-3H3. The van der Waals surface area contributed by atoms with Gasteiger partial charge in [-0.3, -0.25) is 4.99 Å². The molecule has 0 amide bonds. The minimum absolute atomic E-state index is 0.0556. The quantitative estimate of drug-likeness (QED) is 0.395. The molecule has 0 N–H and O–H groups in total. The van der Waals surface area contributed by atoms with Gasteiger partial charge >= 0.3 is 0 Å². The average molecular weight is 85.1 g/mol. The molecule has 0 fully saturated rings. The van der Waals surface area contributed by atoms with Crippen LogP contribution in [0.15, 0.2) is 4.99 Å². The zero-order chi connectivity index (χ0) is 5.21. The highest BCUT2D eigenvalue weighted by Crippen LogP contribution is 2.02. The summed E-state index contributed by atoms with van der Waals surface area (Å²) in [5, 5.41) is 0. The molecule has 0 aliphatic carbocycles. The van der Waals surface area contributed by atoms with Gasteiger partial charge in [0, 0.05) is 0 Å². The molecule has 36 valence electrons. The van der Waals surface area contributed by atoms with Crippen LogP contribution < -0.4 is 0 Å². The zero-order valence-electron chi connectivity index (χ0n) is 4.65. The third-order valence-corrected chi connectivity index (χ3v) is 0.474. The second-order valence-corrected chi connectivity index (χ2v) is 2.33. The van der Waals surface area contributed by atoms with Crippen molar-refractivity contribution in [2.75, 3.05) is 0 Å².